The Kier molecular flexibility index (Phi) is 7.04. The van der Waals surface area contributed by atoms with Crippen LogP contribution in [0.5, 0.6) is 0 Å². The van der Waals surface area contributed by atoms with Crippen LogP contribution in [0.3, 0.4) is 0 Å². The van der Waals surface area contributed by atoms with Crippen molar-refractivity contribution in [1.82, 2.24) is 4.31 Å². The molecule has 5 nitrogen and oxygen atoms in total. The van der Waals surface area contributed by atoms with E-state index in [1.54, 1.807) is 0 Å². The molecule has 0 saturated carbocycles. The molecule has 0 heterocycles. The van der Waals surface area contributed by atoms with Gasteiger partial charge in [-0.1, -0.05) is 32.8 Å². The van der Waals surface area contributed by atoms with Crippen molar-refractivity contribution in [2.75, 3.05) is 13.1 Å². The number of nitriles is 2. The minimum absolute atomic E-state index is 0.0667. The molecule has 1 aromatic rings. The van der Waals surface area contributed by atoms with Crippen LogP contribution in [-0.4, -0.2) is 25.8 Å². The number of rotatable bonds is 8. The first-order valence-corrected chi connectivity index (χ1v) is 8.90. The Morgan fingerprint density at radius 3 is 2.09 bits per heavy atom. The largest absolute Gasteiger partial charge is 0.244 e. The van der Waals surface area contributed by atoms with Crippen LogP contribution < -0.4 is 0 Å². The zero-order chi connectivity index (χ0) is 16.6. The molecule has 0 fully saturated rings. The van der Waals surface area contributed by atoms with Crippen LogP contribution in [0.4, 0.5) is 0 Å². The van der Waals surface area contributed by atoms with Gasteiger partial charge in [0.2, 0.25) is 10.0 Å². The number of benzene rings is 1. The van der Waals surface area contributed by atoms with Gasteiger partial charge in [0.1, 0.15) is 17.0 Å². The molecule has 118 valence electrons. The van der Waals surface area contributed by atoms with Crippen molar-refractivity contribution in [2.24, 2.45) is 0 Å². The van der Waals surface area contributed by atoms with E-state index in [1.807, 2.05) is 26.0 Å². The number of hydrogen-bond donors (Lipinski definition) is 0. The highest BCUT2D eigenvalue weighted by molar-refractivity contribution is 7.89. The summed E-state index contributed by atoms with van der Waals surface area (Å²) in [5, 5.41) is 18.3. The highest BCUT2D eigenvalue weighted by Gasteiger charge is 2.27. The third-order valence-corrected chi connectivity index (χ3v) is 5.34. The van der Waals surface area contributed by atoms with E-state index < -0.39 is 10.0 Å². The van der Waals surface area contributed by atoms with Crippen LogP contribution >= 0.6 is 0 Å². The van der Waals surface area contributed by atoms with Crippen molar-refractivity contribution in [3.8, 4) is 12.1 Å². The fraction of sp³-hybridized carbons (Fsp3) is 0.500. The summed E-state index contributed by atoms with van der Waals surface area (Å²) in [5.41, 5.74) is 0.0255. The van der Waals surface area contributed by atoms with Gasteiger partial charge in [0.05, 0.1) is 11.1 Å². The predicted octanol–water partition coefficient (Wildman–Crippen LogP) is 3.02. The van der Waals surface area contributed by atoms with Crippen molar-refractivity contribution in [3.63, 3.8) is 0 Å². The monoisotopic (exact) mass is 319 g/mol. The Labute approximate surface area is 132 Å². The lowest BCUT2D eigenvalue weighted by atomic mass is 10.1. The molecule has 0 spiro atoms. The summed E-state index contributed by atoms with van der Waals surface area (Å²) in [6, 6.07) is 8.10. The van der Waals surface area contributed by atoms with Gasteiger partial charge in [-0.2, -0.15) is 14.8 Å². The molecule has 0 amide bonds. The summed E-state index contributed by atoms with van der Waals surface area (Å²) < 4.78 is 27.1. The minimum Gasteiger partial charge on any atom is -0.207 e. The Hall–Kier alpha value is -1.89. The third-order valence-electron chi connectivity index (χ3n) is 3.40. The smallest absolute Gasteiger partial charge is 0.207 e. The van der Waals surface area contributed by atoms with Crippen LogP contribution in [0.1, 0.15) is 50.7 Å². The molecule has 6 heteroatoms. The highest BCUT2D eigenvalue weighted by Crippen LogP contribution is 2.23. The van der Waals surface area contributed by atoms with E-state index in [2.05, 4.69) is 0 Å². The SMILES string of the molecule is CCCCN(CCCC)S(=O)(=O)c1cccc(C#N)c1C#N. The molecule has 0 atom stereocenters. The molecule has 0 aromatic heterocycles. The maximum atomic E-state index is 12.9. The van der Waals surface area contributed by atoms with Gasteiger partial charge in [-0.25, -0.2) is 8.42 Å². The van der Waals surface area contributed by atoms with Gasteiger partial charge in [0.15, 0.2) is 0 Å². The van der Waals surface area contributed by atoms with Crippen molar-refractivity contribution in [3.05, 3.63) is 29.3 Å². The molecule has 0 unspecified atom stereocenters. The Morgan fingerprint density at radius 2 is 1.64 bits per heavy atom. The zero-order valence-corrected chi connectivity index (χ0v) is 13.9. The van der Waals surface area contributed by atoms with Crippen LogP contribution in [-0.2, 0) is 10.0 Å². The predicted molar refractivity (Wildman–Crippen MR) is 84.4 cm³/mol. The second kappa shape index (κ2) is 8.53. The second-order valence-electron chi connectivity index (χ2n) is 5.01. The molecule has 1 rings (SSSR count). The van der Waals surface area contributed by atoms with Crippen LogP contribution in [0, 0.1) is 22.7 Å². The molecule has 0 bridgehead atoms. The molecule has 0 aliphatic heterocycles. The lowest BCUT2D eigenvalue weighted by molar-refractivity contribution is 0.395. The summed E-state index contributed by atoms with van der Waals surface area (Å²) in [7, 11) is -3.76. The maximum Gasteiger partial charge on any atom is 0.244 e. The van der Waals surface area contributed by atoms with E-state index in [0.29, 0.717) is 13.1 Å². The molecule has 0 saturated heterocycles. The molecule has 0 aliphatic carbocycles. The zero-order valence-electron chi connectivity index (χ0n) is 13.0. The lowest BCUT2D eigenvalue weighted by Crippen LogP contribution is -2.33. The average molecular weight is 319 g/mol. The van der Waals surface area contributed by atoms with Crippen LogP contribution in [0.25, 0.3) is 0 Å². The summed E-state index contributed by atoms with van der Waals surface area (Å²) in [6.07, 6.45) is 3.31. The van der Waals surface area contributed by atoms with Gasteiger partial charge < -0.3 is 0 Å². The second-order valence-corrected chi connectivity index (χ2v) is 6.92. The molecule has 1 aromatic carbocycles. The quantitative estimate of drug-likeness (QED) is 0.737. The molecule has 0 N–H and O–H groups in total. The maximum absolute atomic E-state index is 12.9. The summed E-state index contributed by atoms with van der Waals surface area (Å²) >= 11 is 0. The Bertz CT molecular complexity index is 676. The lowest BCUT2D eigenvalue weighted by Gasteiger charge is -2.22. The van der Waals surface area contributed by atoms with E-state index in [1.165, 1.54) is 22.5 Å². The fourth-order valence-corrected chi connectivity index (χ4v) is 3.80. The number of unbranched alkanes of at least 4 members (excludes halogenated alkanes) is 2. The molecule has 0 aliphatic rings. The number of hydrogen-bond acceptors (Lipinski definition) is 4. The van der Waals surface area contributed by atoms with Crippen molar-refractivity contribution in [1.29, 1.82) is 10.5 Å². The van der Waals surface area contributed by atoms with E-state index >= 15 is 0 Å². The van der Waals surface area contributed by atoms with Crippen LogP contribution in [0.2, 0.25) is 0 Å². The molecular weight excluding hydrogens is 298 g/mol. The topological polar surface area (TPSA) is 85.0 Å². The van der Waals surface area contributed by atoms with Gasteiger partial charge in [0, 0.05) is 13.1 Å². The summed E-state index contributed by atoms with van der Waals surface area (Å²) in [5.74, 6) is 0. The summed E-state index contributed by atoms with van der Waals surface area (Å²) in [4.78, 5) is -0.0683. The van der Waals surface area contributed by atoms with Gasteiger partial charge in [0.25, 0.3) is 0 Å². The number of sulfonamides is 1. The summed E-state index contributed by atoms with van der Waals surface area (Å²) in [6.45, 7) is 4.87. The van der Waals surface area contributed by atoms with Crippen molar-refractivity contribution >= 4 is 10.0 Å². The first-order valence-electron chi connectivity index (χ1n) is 7.46. The number of nitrogens with zero attached hydrogens (tertiary/aromatic N) is 3. The minimum atomic E-state index is -3.76. The molecule has 22 heavy (non-hydrogen) atoms. The fourth-order valence-electron chi connectivity index (χ4n) is 2.11. The van der Waals surface area contributed by atoms with E-state index in [0.717, 1.165) is 25.7 Å². The van der Waals surface area contributed by atoms with E-state index in [4.69, 9.17) is 5.26 Å². The van der Waals surface area contributed by atoms with Gasteiger partial charge in [-0.15, -0.1) is 0 Å². The Morgan fingerprint density at radius 1 is 1.05 bits per heavy atom. The normalized spacial score (nSPS) is 11.1. The standard InChI is InChI=1S/C16H21N3O2S/c1-3-5-10-19(11-6-4-2)22(20,21)16-9-7-8-14(12-17)15(16)13-18/h7-9H,3-6,10-11H2,1-2H3. The van der Waals surface area contributed by atoms with E-state index in [9.17, 15) is 13.7 Å². The van der Waals surface area contributed by atoms with Crippen LogP contribution in [0.15, 0.2) is 23.1 Å². The first-order chi connectivity index (χ1) is 10.5. The highest BCUT2D eigenvalue weighted by atomic mass is 32.2. The van der Waals surface area contributed by atoms with Crippen molar-refractivity contribution in [2.45, 2.75) is 44.4 Å². The van der Waals surface area contributed by atoms with Crippen molar-refractivity contribution < 1.29 is 8.42 Å². The Balaban J connectivity index is 3.31. The van der Waals surface area contributed by atoms with Gasteiger partial charge in [-0.05, 0) is 25.0 Å². The van der Waals surface area contributed by atoms with Gasteiger partial charge >= 0.3 is 0 Å². The van der Waals surface area contributed by atoms with E-state index in [-0.39, 0.29) is 16.0 Å². The van der Waals surface area contributed by atoms with Gasteiger partial charge in [-0.3, -0.25) is 0 Å². The molecular formula is C16H21N3O2S. The third kappa shape index (κ3) is 4.07. The average Bonchev–Trinajstić information content (AvgIpc) is 2.53. The molecule has 0 radical (unpaired) electrons. The first kappa shape index (κ1) is 18.2.